The molecule has 48 valence electrons. The first kappa shape index (κ1) is 4.00. The van der Waals surface area contributed by atoms with Crippen LogP contribution in [0.5, 0.6) is 0 Å². The number of rotatable bonds is 0. The summed E-state index contributed by atoms with van der Waals surface area (Å²) in [6.45, 7) is 2.54. The second kappa shape index (κ2) is 0.741. The molecule has 5 saturated carbocycles. The molecule has 2 bridgehead atoms. The Bertz CT molecular complexity index is 196. The van der Waals surface area contributed by atoms with Gasteiger partial charge in [-0.2, -0.15) is 0 Å². The molecule has 0 spiro atoms. The van der Waals surface area contributed by atoms with E-state index in [1.54, 1.807) is 12.8 Å². The second-order valence-corrected chi connectivity index (χ2v) is 4.92. The van der Waals surface area contributed by atoms with E-state index in [0.717, 1.165) is 5.41 Å². The van der Waals surface area contributed by atoms with Crippen molar-refractivity contribution in [3.05, 3.63) is 0 Å². The molecular formula is C9H12. The molecule has 5 fully saturated rings. The number of hydrogen-bond acceptors (Lipinski definition) is 0. The number of hydrogen-bond donors (Lipinski definition) is 0. The average Bonchev–Trinajstić information content (AvgIpc) is 2.61. The molecule has 9 heavy (non-hydrogen) atoms. The monoisotopic (exact) mass is 120 g/mol. The fourth-order valence-corrected chi connectivity index (χ4v) is 4.19. The Balaban J connectivity index is 1.88. The van der Waals surface area contributed by atoms with Crippen LogP contribution in [0.15, 0.2) is 0 Å². The summed E-state index contributed by atoms with van der Waals surface area (Å²) >= 11 is 0. The maximum absolute atomic E-state index is 2.54. The van der Waals surface area contributed by atoms with Gasteiger partial charge in [-0.3, -0.25) is 0 Å². The van der Waals surface area contributed by atoms with Gasteiger partial charge in [-0.25, -0.2) is 0 Å². The first-order chi connectivity index (χ1) is 4.33. The molecule has 0 heteroatoms. The van der Waals surface area contributed by atoms with Crippen LogP contribution in [0.4, 0.5) is 0 Å². The average molecular weight is 120 g/mol. The van der Waals surface area contributed by atoms with E-state index in [2.05, 4.69) is 6.92 Å². The molecule has 0 aliphatic heterocycles. The summed E-state index contributed by atoms with van der Waals surface area (Å²) in [5.74, 6) is 6.19. The molecule has 0 N–H and O–H groups in total. The van der Waals surface area contributed by atoms with E-state index >= 15 is 0 Å². The van der Waals surface area contributed by atoms with E-state index in [1.807, 2.05) is 0 Å². The Hall–Kier alpha value is 0. The van der Waals surface area contributed by atoms with Crippen LogP contribution < -0.4 is 0 Å². The van der Waals surface area contributed by atoms with Crippen LogP contribution in [0.3, 0.4) is 0 Å². The van der Waals surface area contributed by atoms with Gasteiger partial charge in [0, 0.05) is 0 Å². The normalized spacial score (nSPS) is 87.0. The van der Waals surface area contributed by atoms with Gasteiger partial charge in [0.25, 0.3) is 0 Å². The highest BCUT2D eigenvalue weighted by Gasteiger charge is 2.88. The first-order valence-corrected chi connectivity index (χ1v) is 4.33. The molecule has 4 atom stereocenters. The minimum Gasteiger partial charge on any atom is -0.0588 e. The minimum absolute atomic E-state index is 0.938. The fraction of sp³-hybridized carbons (Fsp3) is 1.00. The lowest BCUT2D eigenvalue weighted by Gasteiger charge is -2.27. The molecular weight excluding hydrogens is 108 g/mol. The van der Waals surface area contributed by atoms with Gasteiger partial charge in [0.15, 0.2) is 0 Å². The maximum atomic E-state index is 2.54. The summed E-state index contributed by atoms with van der Waals surface area (Å²) in [6, 6.07) is 0. The SMILES string of the molecule is CC12[C@@H]3C[C@@H]3CC3[C@H]1[C@H]32. The largest absolute Gasteiger partial charge is 0.0588 e. The molecule has 0 unspecified atom stereocenters. The lowest BCUT2D eigenvalue weighted by atomic mass is 9.77. The third-order valence-corrected chi connectivity index (χ3v) is 4.79. The van der Waals surface area contributed by atoms with E-state index in [-0.39, 0.29) is 0 Å². The third-order valence-electron chi connectivity index (χ3n) is 4.79. The molecule has 5 rings (SSSR count). The molecule has 0 aromatic carbocycles. The van der Waals surface area contributed by atoms with Gasteiger partial charge in [0.05, 0.1) is 0 Å². The molecule has 0 aromatic rings. The Labute approximate surface area is 55.6 Å². The van der Waals surface area contributed by atoms with Crippen LogP contribution >= 0.6 is 0 Å². The van der Waals surface area contributed by atoms with E-state index in [4.69, 9.17) is 0 Å². The predicted octanol–water partition coefficient (Wildman–Crippen LogP) is 1.91. The highest BCUT2D eigenvalue weighted by atomic mass is 14.9. The van der Waals surface area contributed by atoms with Crippen molar-refractivity contribution in [3.8, 4) is 0 Å². The van der Waals surface area contributed by atoms with Crippen LogP contribution in [0.2, 0.25) is 0 Å². The quantitative estimate of drug-likeness (QED) is 0.458. The van der Waals surface area contributed by atoms with Crippen molar-refractivity contribution in [2.45, 2.75) is 19.8 Å². The molecule has 5 aliphatic carbocycles. The first-order valence-electron chi connectivity index (χ1n) is 4.33. The van der Waals surface area contributed by atoms with Gasteiger partial charge in [-0.05, 0) is 47.8 Å². The topological polar surface area (TPSA) is 0 Å². The van der Waals surface area contributed by atoms with Crippen molar-refractivity contribution >= 4 is 0 Å². The predicted molar refractivity (Wildman–Crippen MR) is 34.8 cm³/mol. The van der Waals surface area contributed by atoms with Crippen molar-refractivity contribution in [3.63, 3.8) is 0 Å². The third kappa shape index (κ3) is 0.222. The Morgan fingerprint density at radius 3 is 2.67 bits per heavy atom. The van der Waals surface area contributed by atoms with E-state index in [1.165, 1.54) is 29.6 Å². The Morgan fingerprint density at radius 1 is 1.22 bits per heavy atom. The van der Waals surface area contributed by atoms with Crippen molar-refractivity contribution < 1.29 is 0 Å². The van der Waals surface area contributed by atoms with Crippen molar-refractivity contribution in [2.75, 3.05) is 0 Å². The van der Waals surface area contributed by atoms with Crippen LogP contribution in [0.1, 0.15) is 19.8 Å². The lowest BCUT2D eigenvalue weighted by molar-refractivity contribution is 0.205. The zero-order valence-corrected chi connectivity index (χ0v) is 5.80. The van der Waals surface area contributed by atoms with Crippen molar-refractivity contribution in [1.82, 2.24) is 0 Å². The van der Waals surface area contributed by atoms with E-state index < -0.39 is 0 Å². The van der Waals surface area contributed by atoms with Gasteiger partial charge >= 0.3 is 0 Å². The van der Waals surface area contributed by atoms with Crippen LogP contribution in [0.25, 0.3) is 0 Å². The summed E-state index contributed by atoms with van der Waals surface area (Å²) in [4.78, 5) is 0. The summed E-state index contributed by atoms with van der Waals surface area (Å²) in [5, 5.41) is 0. The van der Waals surface area contributed by atoms with Crippen LogP contribution in [-0.2, 0) is 0 Å². The van der Waals surface area contributed by atoms with Gasteiger partial charge in [-0.1, -0.05) is 6.92 Å². The molecule has 5 aliphatic rings. The summed E-state index contributed by atoms with van der Waals surface area (Å²) in [6.07, 6.45) is 3.25. The molecule has 0 saturated heterocycles. The molecule has 0 nitrogen and oxygen atoms in total. The van der Waals surface area contributed by atoms with E-state index in [9.17, 15) is 0 Å². The standard InChI is InChI=1S/C9H12/c1-9-6-3-4(6)2-5-7(9)8(5)9/h4-8H,2-3H2,1H3/t4-,5?,6+,7-,8-,9?/m0/s1. The Morgan fingerprint density at radius 2 is 2.00 bits per heavy atom. The zero-order chi connectivity index (χ0) is 5.80. The maximum Gasteiger partial charge on any atom is -0.0227 e. The minimum atomic E-state index is 0.938. The van der Waals surface area contributed by atoms with Gasteiger partial charge in [-0.15, -0.1) is 0 Å². The van der Waals surface area contributed by atoms with Crippen molar-refractivity contribution in [1.29, 1.82) is 0 Å². The highest BCUT2D eigenvalue weighted by molar-refractivity contribution is 5.35. The smallest absolute Gasteiger partial charge is 0.0227 e. The van der Waals surface area contributed by atoms with Crippen LogP contribution in [-0.4, -0.2) is 0 Å². The van der Waals surface area contributed by atoms with E-state index in [0.29, 0.717) is 0 Å². The second-order valence-electron chi connectivity index (χ2n) is 4.92. The summed E-state index contributed by atoms with van der Waals surface area (Å²) in [7, 11) is 0. The summed E-state index contributed by atoms with van der Waals surface area (Å²) < 4.78 is 0. The molecule has 0 aromatic heterocycles. The zero-order valence-electron chi connectivity index (χ0n) is 5.80. The molecule has 0 radical (unpaired) electrons. The summed E-state index contributed by atoms with van der Waals surface area (Å²) in [5.41, 5.74) is 0.938. The van der Waals surface area contributed by atoms with Crippen molar-refractivity contribution in [2.24, 2.45) is 35.0 Å². The fourth-order valence-electron chi connectivity index (χ4n) is 4.19. The van der Waals surface area contributed by atoms with Gasteiger partial charge in [0.2, 0.25) is 0 Å². The lowest BCUT2D eigenvalue weighted by Crippen LogP contribution is -2.22. The highest BCUT2D eigenvalue weighted by Crippen LogP contribution is 2.93. The van der Waals surface area contributed by atoms with Crippen LogP contribution in [0, 0.1) is 35.0 Å². The van der Waals surface area contributed by atoms with Gasteiger partial charge in [0.1, 0.15) is 0 Å². The Kier molecular flexibility index (Phi) is 0.329. The van der Waals surface area contributed by atoms with Gasteiger partial charge < -0.3 is 0 Å². The molecule has 0 amide bonds. The molecule has 0 heterocycles.